The number of nitrogens with zero attached hydrogens (tertiary/aromatic N) is 1. The van der Waals surface area contributed by atoms with Gasteiger partial charge < -0.3 is 16.4 Å². The summed E-state index contributed by atoms with van der Waals surface area (Å²) < 4.78 is 13.5. The van der Waals surface area contributed by atoms with Crippen molar-refractivity contribution in [1.29, 1.82) is 0 Å². The number of hydrogen-bond donors (Lipinski definition) is 3. The van der Waals surface area contributed by atoms with Crippen molar-refractivity contribution in [3.63, 3.8) is 0 Å². The molecule has 1 amide bonds. The highest BCUT2D eigenvalue weighted by Crippen LogP contribution is 2.27. The van der Waals surface area contributed by atoms with Gasteiger partial charge in [0.15, 0.2) is 5.96 Å². The summed E-state index contributed by atoms with van der Waals surface area (Å²) in [6.07, 6.45) is 4.57. The van der Waals surface area contributed by atoms with Gasteiger partial charge in [0.05, 0.1) is 6.54 Å². The van der Waals surface area contributed by atoms with Crippen molar-refractivity contribution >= 4 is 17.6 Å². The number of hydrogen-bond acceptors (Lipinski definition) is 2. The highest BCUT2D eigenvalue weighted by atomic mass is 19.1. The molecule has 0 heterocycles. The largest absolute Gasteiger partial charge is 0.370 e. The topological polar surface area (TPSA) is 79.5 Å². The molecule has 0 aliphatic heterocycles. The van der Waals surface area contributed by atoms with Gasteiger partial charge in [-0.05, 0) is 67.5 Å². The quantitative estimate of drug-likeness (QED) is 0.431. The van der Waals surface area contributed by atoms with Crippen molar-refractivity contribution in [3.8, 4) is 0 Å². The maximum Gasteiger partial charge on any atom is 0.251 e. The minimum Gasteiger partial charge on any atom is -0.370 e. The lowest BCUT2D eigenvalue weighted by atomic mass is 9.90. The molecular weight excluding hydrogens is 343 g/mol. The molecule has 0 spiro atoms. The van der Waals surface area contributed by atoms with Gasteiger partial charge in [-0.2, -0.15) is 0 Å². The lowest BCUT2D eigenvalue weighted by molar-refractivity contribution is 0.0954. The number of nitrogens with two attached hydrogens (primary N) is 1. The highest BCUT2D eigenvalue weighted by Gasteiger charge is 2.13. The SMILES string of the molecule is Cc1ccc(C(=O)NCCN=C(N)Nc2cccc3c2CCCC3)cc1F. The maximum atomic E-state index is 13.5. The number of carbonyl (C=O) groups is 1. The van der Waals surface area contributed by atoms with E-state index in [0.29, 0.717) is 30.2 Å². The summed E-state index contributed by atoms with van der Waals surface area (Å²) in [6.45, 7) is 2.32. The van der Waals surface area contributed by atoms with Crippen molar-refractivity contribution in [3.05, 3.63) is 64.5 Å². The number of anilines is 1. The molecule has 0 fully saturated rings. The molecule has 2 aromatic rings. The second-order valence-corrected chi connectivity index (χ2v) is 6.76. The van der Waals surface area contributed by atoms with E-state index in [9.17, 15) is 9.18 Å². The molecule has 0 saturated heterocycles. The van der Waals surface area contributed by atoms with Gasteiger partial charge in [-0.15, -0.1) is 0 Å². The summed E-state index contributed by atoms with van der Waals surface area (Å²) in [4.78, 5) is 16.3. The third kappa shape index (κ3) is 4.84. The number of amides is 1. The lowest BCUT2D eigenvalue weighted by Crippen LogP contribution is -2.29. The average molecular weight is 368 g/mol. The van der Waals surface area contributed by atoms with E-state index in [1.165, 1.54) is 30.0 Å². The van der Waals surface area contributed by atoms with Gasteiger partial charge in [-0.25, -0.2) is 4.39 Å². The van der Waals surface area contributed by atoms with Crippen molar-refractivity contribution in [1.82, 2.24) is 5.32 Å². The van der Waals surface area contributed by atoms with E-state index in [4.69, 9.17) is 5.73 Å². The van der Waals surface area contributed by atoms with Gasteiger partial charge in [-0.1, -0.05) is 18.2 Å². The maximum absolute atomic E-state index is 13.5. The molecule has 27 heavy (non-hydrogen) atoms. The van der Waals surface area contributed by atoms with Crippen molar-refractivity contribution in [2.75, 3.05) is 18.4 Å². The first-order valence-corrected chi connectivity index (χ1v) is 9.26. The van der Waals surface area contributed by atoms with Gasteiger partial charge in [0.1, 0.15) is 5.82 Å². The minimum atomic E-state index is -0.389. The van der Waals surface area contributed by atoms with Gasteiger partial charge in [0.2, 0.25) is 0 Å². The first-order valence-electron chi connectivity index (χ1n) is 9.26. The molecule has 4 N–H and O–H groups in total. The molecule has 2 aromatic carbocycles. The molecule has 1 aliphatic rings. The number of rotatable bonds is 5. The fourth-order valence-electron chi connectivity index (χ4n) is 3.26. The Morgan fingerprint density at radius 3 is 2.85 bits per heavy atom. The summed E-state index contributed by atoms with van der Waals surface area (Å²) in [6, 6.07) is 10.6. The second-order valence-electron chi connectivity index (χ2n) is 6.76. The zero-order valence-electron chi connectivity index (χ0n) is 15.5. The zero-order chi connectivity index (χ0) is 19.2. The Hall–Kier alpha value is -2.89. The van der Waals surface area contributed by atoms with Crippen LogP contribution in [0.1, 0.15) is 39.9 Å². The second kappa shape index (κ2) is 8.66. The van der Waals surface area contributed by atoms with Crippen LogP contribution in [0.25, 0.3) is 0 Å². The van der Waals surface area contributed by atoms with E-state index < -0.39 is 0 Å². The Bertz CT molecular complexity index is 863. The van der Waals surface area contributed by atoms with E-state index in [0.717, 1.165) is 18.5 Å². The fraction of sp³-hybridized carbons (Fsp3) is 0.333. The van der Waals surface area contributed by atoms with Crippen LogP contribution in [0.3, 0.4) is 0 Å². The summed E-state index contributed by atoms with van der Waals surface area (Å²) in [5.74, 6) is -0.391. The number of aliphatic imine (C=N–C) groups is 1. The van der Waals surface area contributed by atoms with E-state index in [2.05, 4.69) is 21.7 Å². The molecule has 142 valence electrons. The predicted molar refractivity (Wildman–Crippen MR) is 107 cm³/mol. The Kier molecular flexibility index (Phi) is 6.06. The Morgan fingerprint density at radius 1 is 1.22 bits per heavy atom. The molecule has 0 unspecified atom stereocenters. The number of carbonyl (C=O) groups excluding carboxylic acids is 1. The Balaban J connectivity index is 1.51. The monoisotopic (exact) mass is 368 g/mol. The molecule has 3 rings (SSSR count). The van der Waals surface area contributed by atoms with E-state index in [1.54, 1.807) is 19.1 Å². The summed E-state index contributed by atoms with van der Waals surface area (Å²) in [5, 5.41) is 5.89. The third-order valence-corrected chi connectivity index (χ3v) is 4.77. The van der Waals surface area contributed by atoms with Crippen molar-refractivity contribution < 1.29 is 9.18 Å². The highest BCUT2D eigenvalue weighted by molar-refractivity contribution is 5.94. The van der Waals surface area contributed by atoms with Crippen molar-refractivity contribution in [2.24, 2.45) is 10.7 Å². The van der Waals surface area contributed by atoms with Gasteiger partial charge in [0.25, 0.3) is 5.91 Å². The number of halogens is 1. The molecule has 1 aliphatic carbocycles. The van der Waals surface area contributed by atoms with Crippen molar-refractivity contribution in [2.45, 2.75) is 32.6 Å². The van der Waals surface area contributed by atoms with Crippen LogP contribution in [0.4, 0.5) is 10.1 Å². The number of guanidine groups is 1. The van der Waals surface area contributed by atoms with Crippen LogP contribution in [0.2, 0.25) is 0 Å². The summed E-state index contributed by atoms with van der Waals surface area (Å²) in [7, 11) is 0. The van der Waals surface area contributed by atoms with Crippen LogP contribution in [-0.4, -0.2) is 25.0 Å². The number of benzene rings is 2. The number of fused-ring (bicyclic) bond motifs is 1. The predicted octanol–water partition coefficient (Wildman–Crippen LogP) is 3.17. The normalized spacial score (nSPS) is 13.8. The average Bonchev–Trinajstić information content (AvgIpc) is 2.67. The third-order valence-electron chi connectivity index (χ3n) is 4.77. The standard InChI is InChI=1S/C21H25FN4O/c1-14-9-10-16(13-18(14)22)20(27)24-11-12-25-21(23)26-19-8-4-6-15-5-2-3-7-17(15)19/h4,6,8-10,13H,2-3,5,7,11-12H2,1H3,(H,24,27)(H3,23,25,26). The molecule has 5 nitrogen and oxygen atoms in total. The van der Waals surface area contributed by atoms with Gasteiger partial charge in [0, 0.05) is 17.8 Å². The Morgan fingerprint density at radius 2 is 2.04 bits per heavy atom. The fourth-order valence-corrected chi connectivity index (χ4v) is 3.26. The van der Waals surface area contributed by atoms with Crippen LogP contribution in [0.5, 0.6) is 0 Å². The Labute approximate surface area is 158 Å². The van der Waals surface area contributed by atoms with E-state index in [-0.39, 0.29) is 11.7 Å². The molecular formula is C21H25FN4O. The summed E-state index contributed by atoms with van der Waals surface area (Å²) in [5.41, 5.74) is 10.5. The van der Waals surface area contributed by atoms with Crippen LogP contribution in [0, 0.1) is 12.7 Å². The van der Waals surface area contributed by atoms with E-state index in [1.807, 2.05) is 12.1 Å². The van der Waals surface area contributed by atoms with Crippen LogP contribution in [0.15, 0.2) is 41.4 Å². The molecule has 0 radical (unpaired) electrons. The van der Waals surface area contributed by atoms with Crippen LogP contribution in [-0.2, 0) is 12.8 Å². The molecule has 0 saturated carbocycles. The zero-order valence-corrected chi connectivity index (χ0v) is 15.5. The first-order chi connectivity index (χ1) is 13.0. The lowest BCUT2D eigenvalue weighted by Gasteiger charge is -2.19. The van der Waals surface area contributed by atoms with Crippen LogP contribution >= 0.6 is 0 Å². The minimum absolute atomic E-state index is 0.295. The molecule has 6 heteroatoms. The van der Waals surface area contributed by atoms with E-state index >= 15 is 0 Å². The first kappa shape index (κ1) is 18.9. The molecule has 0 bridgehead atoms. The van der Waals surface area contributed by atoms with Crippen LogP contribution < -0.4 is 16.4 Å². The van der Waals surface area contributed by atoms with Gasteiger partial charge >= 0.3 is 0 Å². The number of aryl methyl sites for hydroxylation is 2. The summed E-state index contributed by atoms with van der Waals surface area (Å²) >= 11 is 0. The molecule has 0 atom stereocenters. The molecule has 0 aromatic heterocycles. The van der Waals surface area contributed by atoms with Gasteiger partial charge in [-0.3, -0.25) is 9.79 Å². The smallest absolute Gasteiger partial charge is 0.251 e. The number of nitrogens with one attached hydrogen (secondary N) is 2.